The minimum absolute atomic E-state index is 0.903. The van der Waals surface area contributed by atoms with Crippen molar-refractivity contribution in [1.82, 2.24) is 0 Å². The number of anilines is 3. The van der Waals surface area contributed by atoms with Gasteiger partial charge < -0.3 is 9.32 Å². The standard InChI is InChI=1S/C58H37NO/c1-2-16-39(17-3-1)56-51-27-10-7-23-47(51)48-24-8-11-28-52(48)57(56)41-19-14-20-43(36-41)59(54-37-40-18-4-5-21-44(40)46-22-6-9-25-49(46)54)42-34-32-38(33-35-42)45-29-15-30-53-50-26-12-13-31-55(50)60-58(45)53/h1-37H. The molecule has 0 fully saturated rings. The van der Waals surface area contributed by atoms with Gasteiger partial charge in [-0.3, -0.25) is 0 Å². The molecule has 0 aliphatic heterocycles. The molecule has 2 heteroatoms. The molecule has 0 bridgehead atoms. The van der Waals surface area contributed by atoms with E-state index in [0.29, 0.717) is 0 Å². The molecule has 0 radical (unpaired) electrons. The van der Waals surface area contributed by atoms with Crippen LogP contribution in [0.1, 0.15) is 0 Å². The maximum absolute atomic E-state index is 6.49. The second-order valence-corrected chi connectivity index (χ2v) is 15.6. The van der Waals surface area contributed by atoms with Gasteiger partial charge >= 0.3 is 0 Å². The minimum atomic E-state index is 0.903. The number of para-hydroxylation sites is 2. The van der Waals surface area contributed by atoms with Gasteiger partial charge in [0.1, 0.15) is 11.2 Å². The first kappa shape index (κ1) is 34.1. The molecule has 1 heterocycles. The highest BCUT2D eigenvalue weighted by Crippen LogP contribution is 2.48. The molecule has 2 nitrogen and oxygen atoms in total. The number of furan rings is 1. The molecule has 280 valence electrons. The second-order valence-electron chi connectivity index (χ2n) is 15.6. The first-order valence-electron chi connectivity index (χ1n) is 20.6. The van der Waals surface area contributed by atoms with Crippen molar-refractivity contribution in [3.05, 3.63) is 224 Å². The Hall–Kier alpha value is -7.94. The number of hydrogen-bond acceptors (Lipinski definition) is 2. The van der Waals surface area contributed by atoms with Crippen LogP contribution in [-0.2, 0) is 0 Å². The summed E-state index contributed by atoms with van der Waals surface area (Å²) in [6.07, 6.45) is 0. The minimum Gasteiger partial charge on any atom is -0.455 e. The van der Waals surface area contributed by atoms with Gasteiger partial charge in [0.25, 0.3) is 0 Å². The summed E-state index contributed by atoms with van der Waals surface area (Å²) >= 11 is 0. The summed E-state index contributed by atoms with van der Waals surface area (Å²) in [6.45, 7) is 0. The van der Waals surface area contributed by atoms with Crippen molar-refractivity contribution >= 4 is 82.1 Å². The Balaban J connectivity index is 1.10. The largest absolute Gasteiger partial charge is 0.455 e. The van der Waals surface area contributed by atoms with Gasteiger partial charge in [-0.1, -0.05) is 188 Å². The van der Waals surface area contributed by atoms with Crippen LogP contribution >= 0.6 is 0 Å². The predicted octanol–water partition coefficient (Wildman–Crippen LogP) is 16.7. The number of rotatable bonds is 6. The summed E-state index contributed by atoms with van der Waals surface area (Å²) < 4.78 is 6.49. The van der Waals surface area contributed by atoms with E-state index in [1.165, 1.54) is 59.8 Å². The van der Waals surface area contributed by atoms with E-state index in [1.54, 1.807) is 0 Å². The zero-order chi connectivity index (χ0) is 39.6. The summed E-state index contributed by atoms with van der Waals surface area (Å²) in [4.78, 5) is 2.44. The average Bonchev–Trinajstić information content (AvgIpc) is 3.71. The van der Waals surface area contributed by atoms with Crippen LogP contribution in [0.4, 0.5) is 17.1 Å². The summed E-state index contributed by atoms with van der Waals surface area (Å²) in [7, 11) is 0. The van der Waals surface area contributed by atoms with Crippen molar-refractivity contribution in [3.8, 4) is 33.4 Å². The molecule has 0 aliphatic carbocycles. The molecular weight excluding hydrogens is 727 g/mol. The fraction of sp³-hybridized carbons (Fsp3) is 0. The van der Waals surface area contributed by atoms with E-state index in [4.69, 9.17) is 4.42 Å². The van der Waals surface area contributed by atoms with E-state index in [9.17, 15) is 0 Å². The van der Waals surface area contributed by atoms with Crippen molar-refractivity contribution < 1.29 is 4.42 Å². The molecule has 60 heavy (non-hydrogen) atoms. The van der Waals surface area contributed by atoms with Crippen molar-refractivity contribution in [2.45, 2.75) is 0 Å². The Bertz CT molecular complexity index is 3600. The van der Waals surface area contributed by atoms with Crippen molar-refractivity contribution in [3.63, 3.8) is 0 Å². The number of benzene rings is 11. The van der Waals surface area contributed by atoms with Gasteiger partial charge in [0.15, 0.2) is 0 Å². The molecule has 0 saturated heterocycles. The molecule has 0 unspecified atom stereocenters. The fourth-order valence-electron chi connectivity index (χ4n) is 9.56. The molecule has 11 aromatic carbocycles. The van der Waals surface area contributed by atoms with Crippen LogP contribution in [0.5, 0.6) is 0 Å². The molecule has 0 spiro atoms. The first-order valence-corrected chi connectivity index (χ1v) is 20.6. The highest BCUT2D eigenvalue weighted by Gasteiger charge is 2.22. The summed E-state index contributed by atoms with van der Waals surface area (Å²) in [5.41, 5.74) is 12.1. The van der Waals surface area contributed by atoms with E-state index < -0.39 is 0 Å². The maximum Gasteiger partial charge on any atom is 0.143 e. The summed E-state index contributed by atoms with van der Waals surface area (Å²) in [5, 5.41) is 12.1. The molecule has 0 amide bonds. The number of hydrogen-bond donors (Lipinski definition) is 0. The van der Waals surface area contributed by atoms with E-state index in [-0.39, 0.29) is 0 Å². The van der Waals surface area contributed by atoms with Gasteiger partial charge in [-0.2, -0.15) is 0 Å². The number of fused-ring (bicyclic) bond motifs is 9. The second kappa shape index (κ2) is 13.9. The van der Waals surface area contributed by atoms with Crippen LogP contribution in [0.15, 0.2) is 229 Å². The fourth-order valence-corrected chi connectivity index (χ4v) is 9.56. The summed E-state index contributed by atoms with van der Waals surface area (Å²) in [5.74, 6) is 0. The van der Waals surface area contributed by atoms with Crippen LogP contribution in [-0.4, -0.2) is 0 Å². The smallest absolute Gasteiger partial charge is 0.143 e. The third kappa shape index (κ3) is 5.42. The molecule has 0 atom stereocenters. The quantitative estimate of drug-likeness (QED) is 0.157. The Morgan fingerprint density at radius 3 is 1.57 bits per heavy atom. The lowest BCUT2D eigenvalue weighted by atomic mass is 9.85. The van der Waals surface area contributed by atoms with Crippen LogP contribution in [0, 0.1) is 0 Å². The predicted molar refractivity (Wildman–Crippen MR) is 255 cm³/mol. The monoisotopic (exact) mass is 763 g/mol. The lowest BCUT2D eigenvalue weighted by Gasteiger charge is -2.28. The van der Waals surface area contributed by atoms with Gasteiger partial charge in [-0.25, -0.2) is 0 Å². The van der Waals surface area contributed by atoms with Gasteiger partial charge in [0.05, 0.1) is 5.69 Å². The summed E-state index contributed by atoms with van der Waals surface area (Å²) in [6, 6.07) is 81.3. The Labute approximate surface area is 347 Å². The molecule has 0 saturated carbocycles. The van der Waals surface area contributed by atoms with E-state index >= 15 is 0 Å². The van der Waals surface area contributed by atoms with Gasteiger partial charge in [0, 0.05) is 33.1 Å². The zero-order valence-electron chi connectivity index (χ0n) is 32.7. The highest BCUT2D eigenvalue weighted by atomic mass is 16.3. The molecule has 12 rings (SSSR count). The Morgan fingerprint density at radius 1 is 0.300 bits per heavy atom. The van der Waals surface area contributed by atoms with E-state index in [0.717, 1.165) is 55.7 Å². The lowest BCUT2D eigenvalue weighted by molar-refractivity contribution is 0.670. The lowest BCUT2D eigenvalue weighted by Crippen LogP contribution is -2.11. The topological polar surface area (TPSA) is 16.4 Å². The molecule has 1 aromatic heterocycles. The average molecular weight is 764 g/mol. The van der Waals surface area contributed by atoms with Crippen LogP contribution in [0.25, 0.3) is 98.4 Å². The number of nitrogens with zero attached hydrogens (tertiary/aromatic N) is 1. The van der Waals surface area contributed by atoms with Gasteiger partial charge in [-0.05, 0) is 102 Å². The maximum atomic E-state index is 6.49. The van der Waals surface area contributed by atoms with Gasteiger partial charge in [0.2, 0.25) is 0 Å². The first-order chi connectivity index (χ1) is 29.8. The third-order valence-electron chi connectivity index (χ3n) is 12.2. The van der Waals surface area contributed by atoms with Crippen LogP contribution < -0.4 is 4.90 Å². The highest BCUT2D eigenvalue weighted by molar-refractivity contribution is 6.22. The molecule has 0 N–H and O–H groups in total. The van der Waals surface area contributed by atoms with Gasteiger partial charge in [-0.15, -0.1) is 0 Å². The Kier molecular flexibility index (Phi) is 7.89. The Morgan fingerprint density at radius 2 is 0.833 bits per heavy atom. The zero-order valence-corrected chi connectivity index (χ0v) is 32.7. The normalized spacial score (nSPS) is 11.7. The molecular formula is C58H37NO. The van der Waals surface area contributed by atoms with E-state index in [1.807, 2.05) is 12.1 Å². The molecule has 0 aliphatic rings. The SMILES string of the molecule is c1ccc(-c2c(-c3cccc(N(c4ccc(-c5cccc6c5oc5ccccc56)cc4)c4cc5ccccc5c5ccccc45)c3)c3ccccc3c3ccccc23)cc1. The van der Waals surface area contributed by atoms with Crippen molar-refractivity contribution in [1.29, 1.82) is 0 Å². The van der Waals surface area contributed by atoms with Crippen molar-refractivity contribution in [2.75, 3.05) is 4.90 Å². The van der Waals surface area contributed by atoms with Crippen LogP contribution in [0.3, 0.4) is 0 Å². The molecule has 12 aromatic rings. The van der Waals surface area contributed by atoms with E-state index in [2.05, 4.69) is 217 Å². The van der Waals surface area contributed by atoms with Crippen LogP contribution in [0.2, 0.25) is 0 Å². The third-order valence-corrected chi connectivity index (χ3v) is 12.2. The van der Waals surface area contributed by atoms with Crippen molar-refractivity contribution in [2.24, 2.45) is 0 Å².